The second-order valence-electron chi connectivity index (χ2n) is 5.89. The van der Waals surface area contributed by atoms with Gasteiger partial charge in [0.05, 0.1) is 16.5 Å². The molecule has 1 fully saturated rings. The molecule has 2 unspecified atom stereocenters. The van der Waals surface area contributed by atoms with Gasteiger partial charge in [0.15, 0.2) is 0 Å². The third-order valence-corrected chi connectivity index (χ3v) is 5.21. The van der Waals surface area contributed by atoms with Crippen molar-refractivity contribution < 1.29 is 14.7 Å². The van der Waals surface area contributed by atoms with Crippen LogP contribution in [0.2, 0.25) is 0 Å². The number of amides is 1. The predicted octanol–water partition coefficient (Wildman–Crippen LogP) is 2.82. The summed E-state index contributed by atoms with van der Waals surface area (Å²) in [6.45, 7) is 2.92. The molecule has 4 nitrogen and oxygen atoms in total. The van der Waals surface area contributed by atoms with Gasteiger partial charge in [0.2, 0.25) is 5.78 Å². The Hall–Kier alpha value is -1.98. The van der Waals surface area contributed by atoms with E-state index in [0.717, 1.165) is 6.42 Å². The van der Waals surface area contributed by atoms with Crippen molar-refractivity contribution in [2.24, 2.45) is 5.92 Å². The molecule has 1 aromatic heterocycles. The number of aliphatic hydroxyl groups is 1. The Morgan fingerprint density at radius 1 is 1.22 bits per heavy atom. The van der Waals surface area contributed by atoms with Crippen molar-refractivity contribution in [2.75, 3.05) is 13.1 Å². The highest BCUT2D eigenvalue weighted by molar-refractivity contribution is 7.12. The van der Waals surface area contributed by atoms with Gasteiger partial charge in [-0.05, 0) is 30.9 Å². The molecular formula is C18H19NO3S. The molecule has 1 saturated heterocycles. The molecule has 0 bridgehead atoms. The Labute approximate surface area is 139 Å². The molecule has 0 radical (unpaired) electrons. The zero-order valence-electron chi connectivity index (χ0n) is 12.9. The van der Waals surface area contributed by atoms with E-state index >= 15 is 0 Å². The molecule has 1 aliphatic rings. The molecule has 2 aromatic rings. The number of benzene rings is 1. The van der Waals surface area contributed by atoms with Gasteiger partial charge in [-0.1, -0.05) is 24.3 Å². The minimum Gasteiger partial charge on any atom is -0.393 e. The molecule has 1 amide bonds. The quantitative estimate of drug-likeness (QED) is 0.878. The molecule has 0 spiro atoms. The number of aliphatic hydroxyl groups excluding tert-OH is 1. The van der Waals surface area contributed by atoms with Crippen molar-refractivity contribution in [2.45, 2.75) is 19.4 Å². The summed E-state index contributed by atoms with van der Waals surface area (Å²) in [5.74, 6) is -0.136. The van der Waals surface area contributed by atoms with Gasteiger partial charge in [-0.2, -0.15) is 0 Å². The summed E-state index contributed by atoms with van der Waals surface area (Å²) in [6.07, 6.45) is 0.376. The van der Waals surface area contributed by atoms with E-state index < -0.39 is 6.10 Å². The van der Waals surface area contributed by atoms with Crippen LogP contribution in [0, 0.1) is 5.92 Å². The molecule has 120 valence electrons. The second-order valence-corrected chi connectivity index (χ2v) is 6.84. The van der Waals surface area contributed by atoms with E-state index in [4.69, 9.17) is 0 Å². The van der Waals surface area contributed by atoms with Crippen molar-refractivity contribution in [1.82, 2.24) is 4.90 Å². The van der Waals surface area contributed by atoms with Gasteiger partial charge in [-0.25, -0.2) is 0 Å². The topological polar surface area (TPSA) is 57.6 Å². The smallest absolute Gasteiger partial charge is 0.254 e. The molecular weight excluding hydrogens is 310 g/mol. The normalized spacial score (nSPS) is 18.9. The number of rotatable bonds is 4. The molecule has 1 aromatic carbocycles. The number of nitrogens with zero attached hydrogens (tertiary/aromatic N) is 1. The average Bonchev–Trinajstić information content (AvgIpc) is 3.24. The summed E-state index contributed by atoms with van der Waals surface area (Å²) in [4.78, 5) is 27.8. The number of thiophene rings is 1. The highest BCUT2D eigenvalue weighted by Gasteiger charge is 2.31. The minimum atomic E-state index is -0.421. The Bertz CT molecular complexity index is 709. The van der Waals surface area contributed by atoms with E-state index in [1.165, 1.54) is 11.3 Å². The maximum atomic E-state index is 12.8. The summed E-state index contributed by atoms with van der Waals surface area (Å²) in [5, 5.41) is 11.6. The molecule has 5 heteroatoms. The fraction of sp³-hybridized carbons (Fsp3) is 0.333. The molecule has 2 heterocycles. The van der Waals surface area contributed by atoms with E-state index in [0.29, 0.717) is 29.1 Å². The van der Waals surface area contributed by atoms with Crippen LogP contribution in [0.3, 0.4) is 0 Å². The van der Waals surface area contributed by atoms with Gasteiger partial charge >= 0.3 is 0 Å². The Morgan fingerprint density at radius 2 is 1.96 bits per heavy atom. The monoisotopic (exact) mass is 329 g/mol. The molecule has 3 rings (SSSR count). The van der Waals surface area contributed by atoms with Crippen LogP contribution in [0.25, 0.3) is 0 Å². The van der Waals surface area contributed by atoms with E-state index in [2.05, 4.69) is 0 Å². The Kier molecular flexibility index (Phi) is 4.59. The third-order valence-electron chi connectivity index (χ3n) is 4.34. The molecule has 0 aliphatic carbocycles. The number of hydrogen-bond acceptors (Lipinski definition) is 4. The van der Waals surface area contributed by atoms with Gasteiger partial charge < -0.3 is 10.0 Å². The number of carbonyl (C=O) groups is 2. The minimum absolute atomic E-state index is 0.110. The molecule has 23 heavy (non-hydrogen) atoms. The van der Waals surface area contributed by atoms with Gasteiger partial charge in [0, 0.05) is 24.6 Å². The zero-order valence-corrected chi connectivity index (χ0v) is 13.8. The van der Waals surface area contributed by atoms with Crippen molar-refractivity contribution in [3.63, 3.8) is 0 Å². The lowest BCUT2D eigenvalue weighted by atomic mass is 10.0. The van der Waals surface area contributed by atoms with Crippen LogP contribution in [0.4, 0.5) is 0 Å². The number of carbonyl (C=O) groups excluding carboxylic acids is 2. The van der Waals surface area contributed by atoms with E-state index in [1.54, 1.807) is 42.2 Å². The molecule has 1 N–H and O–H groups in total. The zero-order chi connectivity index (χ0) is 16.4. The highest BCUT2D eigenvalue weighted by atomic mass is 32.1. The summed E-state index contributed by atoms with van der Waals surface area (Å²) in [5.41, 5.74) is 0.887. The van der Waals surface area contributed by atoms with E-state index in [9.17, 15) is 14.7 Å². The SMILES string of the molecule is CC(O)C1CCN(C(=O)c2ccccc2C(=O)c2cccs2)C1. The lowest BCUT2D eigenvalue weighted by molar-refractivity contribution is 0.0758. The van der Waals surface area contributed by atoms with Gasteiger partial charge in [-0.3, -0.25) is 9.59 Å². The first-order chi connectivity index (χ1) is 11.1. The first kappa shape index (κ1) is 15.9. The summed E-state index contributed by atoms with van der Waals surface area (Å²) < 4.78 is 0. The first-order valence-corrected chi connectivity index (χ1v) is 8.60. The maximum Gasteiger partial charge on any atom is 0.254 e. The van der Waals surface area contributed by atoms with Crippen molar-refractivity contribution in [1.29, 1.82) is 0 Å². The first-order valence-electron chi connectivity index (χ1n) is 7.72. The third kappa shape index (κ3) is 3.21. The average molecular weight is 329 g/mol. The van der Waals surface area contributed by atoms with Crippen LogP contribution in [0.5, 0.6) is 0 Å². The maximum absolute atomic E-state index is 12.8. The fourth-order valence-corrected chi connectivity index (χ4v) is 3.62. The van der Waals surface area contributed by atoms with Crippen molar-refractivity contribution >= 4 is 23.0 Å². The van der Waals surface area contributed by atoms with Crippen LogP contribution in [0.15, 0.2) is 41.8 Å². The molecule has 2 atom stereocenters. The van der Waals surface area contributed by atoms with Crippen molar-refractivity contribution in [3.8, 4) is 0 Å². The van der Waals surface area contributed by atoms with Gasteiger partial charge in [-0.15, -0.1) is 11.3 Å². The summed E-state index contributed by atoms with van der Waals surface area (Å²) >= 11 is 1.38. The largest absolute Gasteiger partial charge is 0.393 e. The lowest BCUT2D eigenvalue weighted by Crippen LogP contribution is -2.31. The van der Waals surface area contributed by atoms with Crippen LogP contribution in [-0.2, 0) is 0 Å². The van der Waals surface area contributed by atoms with Crippen LogP contribution >= 0.6 is 11.3 Å². The van der Waals surface area contributed by atoms with Gasteiger partial charge in [0.25, 0.3) is 5.91 Å². The summed E-state index contributed by atoms with van der Waals surface area (Å²) in [7, 11) is 0. The van der Waals surface area contributed by atoms with Gasteiger partial charge in [0.1, 0.15) is 0 Å². The fourth-order valence-electron chi connectivity index (χ4n) is 2.94. The second kappa shape index (κ2) is 6.64. The Morgan fingerprint density at radius 3 is 2.57 bits per heavy atom. The lowest BCUT2D eigenvalue weighted by Gasteiger charge is -2.19. The standard InChI is InChI=1S/C18H19NO3S/c1-12(20)13-8-9-19(11-13)18(22)15-6-3-2-5-14(15)17(21)16-7-4-10-23-16/h2-7,10,12-13,20H,8-9,11H2,1H3. The number of likely N-dealkylation sites (tertiary alicyclic amines) is 1. The van der Waals surface area contributed by atoms with Crippen LogP contribution in [-0.4, -0.2) is 40.9 Å². The van der Waals surface area contributed by atoms with Crippen molar-refractivity contribution in [3.05, 3.63) is 57.8 Å². The van der Waals surface area contributed by atoms with Crippen LogP contribution < -0.4 is 0 Å². The number of ketones is 1. The molecule has 0 saturated carbocycles. The number of hydrogen-bond donors (Lipinski definition) is 1. The highest BCUT2D eigenvalue weighted by Crippen LogP contribution is 2.24. The van der Waals surface area contributed by atoms with E-state index in [-0.39, 0.29) is 17.6 Å². The van der Waals surface area contributed by atoms with E-state index in [1.807, 2.05) is 11.4 Å². The summed E-state index contributed by atoms with van der Waals surface area (Å²) in [6, 6.07) is 10.6. The predicted molar refractivity (Wildman–Crippen MR) is 89.9 cm³/mol. The van der Waals surface area contributed by atoms with Crippen LogP contribution in [0.1, 0.15) is 38.9 Å². The molecule has 1 aliphatic heterocycles. The Balaban J connectivity index is 1.86.